The van der Waals surface area contributed by atoms with Gasteiger partial charge in [0.25, 0.3) is 0 Å². The third-order valence-electron chi connectivity index (χ3n) is 2.69. The molecule has 0 bridgehead atoms. The molecule has 0 unspecified atom stereocenters. The van der Waals surface area contributed by atoms with Crippen molar-refractivity contribution in [2.75, 3.05) is 5.73 Å². The van der Waals surface area contributed by atoms with Crippen LogP contribution in [0.3, 0.4) is 0 Å². The fraction of sp³-hybridized carbons (Fsp3) is 0.667. The lowest BCUT2D eigenvalue weighted by Gasteiger charge is -2.17. The van der Waals surface area contributed by atoms with Gasteiger partial charge in [0.1, 0.15) is 5.82 Å². The maximum absolute atomic E-state index is 5.88. The number of aromatic nitrogens is 2. The molecule has 0 atom stereocenters. The summed E-state index contributed by atoms with van der Waals surface area (Å²) in [5.74, 6) is 1.15. The van der Waals surface area contributed by atoms with E-state index in [4.69, 9.17) is 5.73 Å². The SMILES string of the molecule is CCCC(CCC)c1cc(C)nnc1N. The van der Waals surface area contributed by atoms with Gasteiger partial charge in [0, 0.05) is 5.56 Å². The Bertz CT molecular complexity index is 304. The standard InChI is InChI=1S/C12H21N3/c1-4-6-10(7-5-2)11-8-9(3)14-15-12(11)13/h8,10H,4-7H2,1-3H3,(H2,13,15). The summed E-state index contributed by atoms with van der Waals surface area (Å²) in [5, 5.41) is 7.96. The number of hydrogen-bond acceptors (Lipinski definition) is 3. The normalized spacial score (nSPS) is 10.9. The first-order valence-corrected chi connectivity index (χ1v) is 5.78. The highest BCUT2D eigenvalue weighted by atomic mass is 15.1. The van der Waals surface area contributed by atoms with Crippen molar-refractivity contribution in [1.82, 2.24) is 10.2 Å². The van der Waals surface area contributed by atoms with Gasteiger partial charge in [0.05, 0.1) is 5.69 Å². The Hall–Kier alpha value is -1.12. The summed E-state index contributed by atoms with van der Waals surface area (Å²) in [6, 6.07) is 2.08. The first-order chi connectivity index (χ1) is 7.19. The second-order valence-electron chi connectivity index (χ2n) is 4.10. The fourth-order valence-corrected chi connectivity index (χ4v) is 2.00. The van der Waals surface area contributed by atoms with E-state index in [-0.39, 0.29) is 0 Å². The number of aryl methyl sites for hydroxylation is 1. The first kappa shape index (κ1) is 12.0. The van der Waals surface area contributed by atoms with Gasteiger partial charge in [-0.25, -0.2) is 0 Å². The molecule has 15 heavy (non-hydrogen) atoms. The quantitative estimate of drug-likeness (QED) is 0.807. The molecule has 1 heterocycles. The molecule has 0 aliphatic heterocycles. The van der Waals surface area contributed by atoms with Crippen molar-refractivity contribution in [2.24, 2.45) is 0 Å². The Balaban J connectivity index is 2.93. The van der Waals surface area contributed by atoms with Crippen LogP contribution in [0.25, 0.3) is 0 Å². The van der Waals surface area contributed by atoms with Crippen molar-refractivity contribution in [3.8, 4) is 0 Å². The number of anilines is 1. The van der Waals surface area contributed by atoms with E-state index in [9.17, 15) is 0 Å². The predicted octanol–water partition coefficient (Wildman–Crippen LogP) is 3.05. The molecule has 3 nitrogen and oxygen atoms in total. The van der Waals surface area contributed by atoms with Crippen LogP contribution in [-0.2, 0) is 0 Å². The molecule has 0 amide bonds. The van der Waals surface area contributed by atoms with Gasteiger partial charge in [-0.3, -0.25) is 0 Å². The largest absolute Gasteiger partial charge is 0.382 e. The van der Waals surface area contributed by atoms with Gasteiger partial charge < -0.3 is 5.73 Å². The van der Waals surface area contributed by atoms with E-state index >= 15 is 0 Å². The molecular weight excluding hydrogens is 186 g/mol. The molecule has 0 saturated heterocycles. The van der Waals surface area contributed by atoms with E-state index in [1.807, 2.05) is 6.92 Å². The van der Waals surface area contributed by atoms with Gasteiger partial charge >= 0.3 is 0 Å². The molecule has 0 spiro atoms. The average molecular weight is 207 g/mol. The van der Waals surface area contributed by atoms with Crippen LogP contribution < -0.4 is 5.73 Å². The van der Waals surface area contributed by atoms with Crippen LogP contribution in [0.4, 0.5) is 5.82 Å². The van der Waals surface area contributed by atoms with Gasteiger partial charge in [0.2, 0.25) is 0 Å². The molecule has 0 aliphatic rings. The Labute approximate surface area is 92.1 Å². The van der Waals surface area contributed by atoms with E-state index in [2.05, 4.69) is 30.1 Å². The van der Waals surface area contributed by atoms with Crippen LogP contribution in [0.5, 0.6) is 0 Å². The minimum atomic E-state index is 0.550. The summed E-state index contributed by atoms with van der Waals surface area (Å²) in [7, 11) is 0. The molecule has 1 aromatic rings. The maximum Gasteiger partial charge on any atom is 0.149 e. The molecule has 1 aromatic heterocycles. The average Bonchev–Trinajstić information content (AvgIpc) is 2.21. The van der Waals surface area contributed by atoms with Gasteiger partial charge in [-0.15, -0.1) is 5.10 Å². The lowest BCUT2D eigenvalue weighted by atomic mass is 9.91. The Morgan fingerprint density at radius 3 is 2.33 bits per heavy atom. The Morgan fingerprint density at radius 1 is 1.20 bits per heavy atom. The maximum atomic E-state index is 5.88. The molecule has 3 heteroatoms. The topological polar surface area (TPSA) is 51.8 Å². The molecule has 2 N–H and O–H groups in total. The number of nitrogens with two attached hydrogens (primary N) is 1. The monoisotopic (exact) mass is 207 g/mol. The summed E-state index contributed by atoms with van der Waals surface area (Å²) in [6.07, 6.45) is 4.74. The highest BCUT2D eigenvalue weighted by Gasteiger charge is 2.14. The van der Waals surface area contributed by atoms with Crippen LogP contribution in [0.2, 0.25) is 0 Å². The van der Waals surface area contributed by atoms with Crippen LogP contribution in [0.15, 0.2) is 6.07 Å². The van der Waals surface area contributed by atoms with Gasteiger partial charge in [-0.1, -0.05) is 26.7 Å². The lowest BCUT2D eigenvalue weighted by molar-refractivity contribution is 0.559. The van der Waals surface area contributed by atoms with Crippen molar-refractivity contribution in [3.63, 3.8) is 0 Å². The molecule has 84 valence electrons. The lowest BCUT2D eigenvalue weighted by Crippen LogP contribution is -2.07. The second kappa shape index (κ2) is 5.69. The van der Waals surface area contributed by atoms with Crippen LogP contribution in [0, 0.1) is 6.92 Å². The molecule has 0 aliphatic carbocycles. The summed E-state index contributed by atoms with van der Waals surface area (Å²) in [4.78, 5) is 0. The van der Waals surface area contributed by atoms with Gasteiger partial charge in [0.15, 0.2) is 0 Å². The van der Waals surface area contributed by atoms with Crippen LogP contribution in [0.1, 0.15) is 56.7 Å². The summed E-state index contributed by atoms with van der Waals surface area (Å²) in [5.41, 5.74) is 8.02. The summed E-state index contributed by atoms with van der Waals surface area (Å²) in [6.45, 7) is 6.38. The van der Waals surface area contributed by atoms with Crippen molar-refractivity contribution < 1.29 is 0 Å². The van der Waals surface area contributed by atoms with Gasteiger partial charge in [-0.05, 0) is 31.7 Å². The number of rotatable bonds is 5. The molecular formula is C12H21N3. The molecule has 0 aromatic carbocycles. The second-order valence-corrected chi connectivity index (χ2v) is 4.10. The van der Waals surface area contributed by atoms with E-state index in [0.717, 1.165) is 5.69 Å². The van der Waals surface area contributed by atoms with E-state index in [1.54, 1.807) is 0 Å². The minimum absolute atomic E-state index is 0.550. The van der Waals surface area contributed by atoms with E-state index in [0.29, 0.717) is 11.7 Å². The number of nitrogen functional groups attached to an aromatic ring is 1. The van der Waals surface area contributed by atoms with E-state index in [1.165, 1.54) is 31.2 Å². The predicted molar refractivity (Wildman–Crippen MR) is 63.7 cm³/mol. The Kier molecular flexibility index (Phi) is 4.53. The zero-order valence-corrected chi connectivity index (χ0v) is 9.95. The molecule has 1 rings (SSSR count). The third kappa shape index (κ3) is 3.18. The van der Waals surface area contributed by atoms with Gasteiger partial charge in [-0.2, -0.15) is 5.10 Å². The smallest absolute Gasteiger partial charge is 0.149 e. The van der Waals surface area contributed by atoms with Crippen LogP contribution in [-0.4, -0.2) is 10.2 Å². The van der Waals surface area contributed by atoms with Crippen molar-refractivity contribution >= 4 is 5.82 Å². The number of nitrogens with zero attached hydrogens (tertiary/aromatic N) is 2. The number of hydrogen-bond donors (Lipinski definition) is 1. The summed E-state index contributed by atoms with van der Waals surface area (Å²) < 4.78 is 0. The van der Waals surface area contributed by atoms with Crippen LogP contribution >= 0.6 is 0 Å². The van der Waals surface area contributed by atoms with Crippen molar-refractivity contribution in [2.45, 2.75) is 52.4 Å². The Morgan fingerprint density at radius 2 is 1.80 bits per heavy atom. The highest BCUT2D eigenvalue weighted by molar-refractivity contribution is 5.41. The first-order valence-electron chi connectivity index (χ1n) is 5.78. The van der Waals surface area contributed by atoms with Crippen molar-refractivity contribution in [1.29, 1.82) is 0 Å². The molecule has 0 saturated carbocycles. The fourth-order valence-electron chi connectivity index (χ4n) is 2.00. The van der Waals surface area contributed by atoms with Crippen molar-refractivity contribution in [3.05, 3.63) is 17.3 Å². The highest BCUT2D eigenvalue weighted by Crippen LogP contribution is 2.29. The molecule has 0 fully saturated rings. The zero-order chi connectivity index (χ0) is 11.3. The molecule has 0 radical (unpaired) electrons. The zero-order valence-electron chi connectivity index (χ0n) is 9.95. The van der Waals surface area contributed by atoms with E-state index < -0.39 is 0 Å². The third-order valence-corrected chi connectivity index (χ3v) is 2.69. The summed E-state index contributed by atoms with van der Waals surface area (Å²) >= 11 is 0. The minimum Gasteiger partial charge on any atom is -0.382 e.